The van der Waals surface area contributed by atoms with Gasteiger partial charge >= 0.3 is 0 Å². The fourth-order valence-electron chi connectivity index (χ4n) is 3.71. The zero-order valence-corrected chi connectivity index (χ0v) is 14.7. The molecule has 21 heavy (non-hydrogen) atoms. The highest BCUT2D eigenvalue weighted by Crippen LogP contribution is 2.30. The molecule has 1 rings (SSSR count). The van der Waals surface area contributed by atoms with E-state index in [2.05, 4.69) is 31.0 Å². The van der Waals surface area contributed by atoms with Gasteiger partial charge in [0.25, 0.3) is 0 Å². The first-order valence-corrected chi connectivity index (χ1v) is 9.27. The predicted molar refractivity (Wildman–Crippen MR) is 91.7 cm³/mol. The van der Waals surface area contributed by atoms with Crippen molar-refractivity contribution in [3.8, 4) is 0 Å². The monoisotopic (exact) mass is 298 g/mol. The molecule has 0 amide bonds. The molecule has 2 N–H and O–H groups in total. The standard InChI is InChI=1S/C18H38N2O/c1-4-12-19-15-18(5-2,6-3)16-20(13-14-21)17-10-8-7-9-11-17/h17,19,21H,4-16H2,1-3H3. The molecule has 0 radical (unpaired) electrons. The van der Waals surface area contributed by atoms with Crippen LogP contribution in [-0.2, 0) is 0 Å². The molecule has 0 aromatic carbocycles. The van der Waals surface area contributed by atoms with Crippen molar-refractivity contribution in [2.24, 2.45) is 5.41 Å². The Hall–Kier alpha value is -0.120. The van der Waals surface area contributed by atoms with Crippen LogP contribution >= 0.6 is 0 Å². The molecule has 0 saturated heterocycles. The fraction of sp³-hybridized carbons (Fsp3) is 1.00. The molecule has 1 saturated carbocycles. The summed E-state index contributed by atoms with van der Waals surface area (Å²) in [7, 11) is 0. The lowest BCUT2D eigenvalue weighted by Gasteiger charge is -2.42. The lowest BCUT2D eigenvalue weighted by atomic mass is 9.80. The Balaban J connectivity index is 2.65. The number of hydrogen-bond acceptors (Lipinski definition) is 3. The van der Waals surface area contributed by atoms with Crippen molar-refractivity contribution in [2.75, 3.05) is 32.8 Å². The molecule has 0 bridgehead atoms. The summed E-state index contributed by atoms with van der Waals surface area (Å²) in [6.07, 6.45) is 10.4. The summed E-state index contributed by atoms with van der Waals surface area (Å²) in [5, 5.41) is 13.1. The molecule has 0 atom stereocenters. The molecule has 0 spiro atoms. The van der Waals surface area contributed by atoms with Gasteiger partial charge in [0, 0.05) is 25.7 Å². The van der Waals surface area contributed by atoms with Crippen LogP contribution < -0.4 is 5.32 Å². The number of hydrogen-bond donors (Lipinski definition) is 2. The molecule has 0 aliphatic heterocycles. The van der Waals surface area contributed by atoms with Gasteiger partial charge in [0.1, 0.15) is 0 Å². The van der Waals surface area contributed by atoms with Crippen LogP contribution in [0.25, 0.3) is 0 Å². The van der Waals surface area contributed by atoms with Gasteiger partial charge in [0.2, 0.25) is 0 Å². The van der Waals surface area contributed by atoms with Gasteiger partial charge in [-0.25, -0.2) is 0 Å². The second kappa shape index (κ2) is 10.6. The highest BCUT2D eigenvalue weighted by atomic mass is 16.3. The number of aliphatic hydroxyl groups excluding tert-OH is 1. The van der Waals surface area contributed by atoms with E-state index in [0.29, 0.717) is 18.1 Å². The molecule has 1 aliphatic carbocycles. The number of nitrogens with zero attached hydrogens (tertiary/aromatic N) is 1. The minimum atomic E-state index is 0.294. The average molecular weight is 299 g/mol. The highest BCUT2D eigenvalue weighted by Gasteiger charge is 2.31. The van der Waals surface area contributed by atoms with Crippen molar-refractivity contribution in [3.63, 3.8) is 0 Å². The van der Waals surface area contributed by atoms with Crippen LogP contribution in [-0.4, -0.2) is 48.8 Å². The molecule has 126 valence electrons. The van der Waals surface area contributed by atoms with E-state index >= 15 is 0 Å². The normalized spacial score (nSPS) is 17.6. The minimum Gasteiger partial charge on any atom is -0.395 e. The van der Waals surface area contributed by atoms with E-state index in [1.807, 2.05) is 0 Å². The van der Waals surface area contributed by atoms with Crippen molar-refractivity contribution >= 4 is 0 Å². The summed E-state index contributed by atoms with van der Waals surface area (Å²) in [6.45, 7) is 11.4. The first kappa shape index (κ1) is 18.9. The van der Waals surface area contributed by atoms with Crippen LogP contribution in [0.4, 0.5) is 0 Å². The Morgan fingerprint density at radius 2 is 1.76 bits per heavy atom. The summed E-state index contributed by atoms with van der Waals surface area (Å²) < 4.78 is 0. The van der Waals surface area contributed by atoms with E-state index in [9.17, 15) is 5.11 Å². The number of nitrogens with one attached hydrogen (secondary N) is 1. The molecule has 0 heterocycles. The Labute approximate surface area is 132 Å². The first-order valence-electron chi connectivity index (χ1n) is 9.27. The summed E-state index contributed by atoms with van der Waals surface area (Å²) in [5.41, 5.74) is 0.363. The lowest BCUT2D eigenvalue weighted by molar-refractivity contribution is 0.0641. The molecule has 3 heteroatoms. The smallest absolute Gasteiger partial charge is 0.0558 e. The average Bonchev–Trinajstić information content (AvgIpc) is 2.54. The Kier molecular flexibility index (Phi) is 9.54. The zero-order valence-electron chi connectivity index (χ0n) is 14.7. The second-order valence-corrected chi connectivity index (χ2v) is 6.87. The van der Waals surface area contributed by atoms with Crippen molar-refractivity contribution in [1.82, 2.24) is 10.2 Å². The van der Waals surface area contributed by atoms with Crippen molar-refractivity contribution in [1.29, 1.82) is 0 Å². The van der Waals surface area contributed by atoms with Crippen molar-refractivity contribution < 1.29 is 5.11 Å². The molecular formula is C18H38N2O. The van der Waals surface area contributed by atoms with Gasteiger partial charge < -0.3 is 10.4 Å². The maximum absolute atomic E-state index is 9.47. The third kappa shape index (κ3) is 6.25. The van der Waals surface area contributed by atoms with E-state index in [0.717, 1.165) is 26.2 Å². The van der Waals surface area contributed by atoms with Gasteiger partial charge in [0.15, 0.2) is 0 Å². The van der Waals surface area contributed by atoms with Crippen LogP contribution in [0.3, 0.4) is 0 Å². The fourth-order valence-corrected chi connectivity index (χ4v) is 3.71. The molecular weight excluding hydrogens is 260 g/mol. The Bertz CT molecular complexity index is 248. The van der Waals surface area contributed by atoms with Gasteiger partial charge in [-0.3, -0.25) is 4.90 Å². The SMILES string of the molecule is CCCNCC(CC)(CC)CN(CCO)C1CCCCC1. The summed E-state index contributed by atoms with van der Waals surface area (Å²) in [6, 6.07) is 0.703. The summed E-state index contributed by atoms with van der Waals surface area (Å²) in [5.74, 6) is 0. The van der Waals surface area contributed by atoms with Crippen LogP contribution in [0, 0.1) is 5.41 Å². The lowest BCUT2D eigenvalue weighted by Crippen LogP contribution is -2.48. The summed E-state index contributed by atoms with van der Waals surface area (Å²) in [4.78, 5) is 2.60. The van der Waals surface area contributed by atoms with Crippen LogP contribution in [0.15, 0.2) is 0 Å². The predicted octanol–water partition coefficient (Wildman–Crippen LogP) is 3.42. The molecule has 0 unspecified atom stereocenters. The maximum atomic E-state index is 9.47. The Morgan fingerprint density at radius 3 is 2.29 bits per heavy atom. The van der Waals surface area contributed by atoms with Crippen LogP contribution in [0.2, 0.25) is 0 Å². The van der Waals surface area contributed by atoms with Gasteiger partial charge in [0.05, 0.1) is 6.61 Å². The molecule has 1 aliphatic rings. The minimum absolute atomic E-state index is 0.294. The van der Waals surface area contributed by atoms with E-state index in [1.54, 1.807) is 0 Å². The molecule has 3 nitrogen and oxygen atoms in total. The van der Waals surface area contributed by atoms with Gasteiger partial charge in [-0.05, 0) is 44.1 Å². The van der Waals surface area contributed by atoms with Crippen LogP contribution in [0.5, 0.6) is 0 Å². The zero-order chi connectivity index (χ0) is 15.6. The van der Waals surface area contributed by atoms with E-state index in [4.69, 9.17) is 0 Å². The third-order valence-corrected chi connectivity index (χ3v) is 5.44. The van der Waals surface area contributed by atoms with Crippen LogP contribution in [0.1, 0.15) is 72.1 Å². The molecule has 0 aromatic rings. The number of rotatable bonds is 11. The third-order valence-electron chi connectivity index (χ3n) is 5.44. The first-order chi connectivity index (χ1) is 10.2. The maximum Gasteiger partial charge on any atom is 0.0558 e. The van der Waals surface area contributed by atoms with Gasteiger partial charge in [-0.1, -0.05) is 40.0 Å². The largest absolute Gasteiger partial charge is 0.395 e. The molecule has 1 fully saturated rings. The van der Waals surface area contributed by atoms with E-state index < -0.39 is 0 Å². The number of aliphatic hydroxyl groups is 1. The topological polar surface area (TPSA) is 35.5 Å². The quantitative estimate of drug-likeness (QED) is 0.574. The van der Waals surface area contributed by atoms with Crippen molar-refractivity contribution in [2.45, 2.75) is 78.2 Å². The van der Waals surface area contributed by atoms with Gasteiger partial charge in [-0.2, -0.15) is 0 Å². The highest BCUT2D eigenvalue weighted by molar-refractivity contribution is 4.86. The van der Waals surface area contributed by atoms with Crippen molar-refractivity contribution in [3.05, 3.63) is 0 Å². The van der Waals surface area contributed by atoms with Gasteiger partial charge in [-0.15, -0.1) is 0 Å². The molecule has 0 aromatic heterocycles. The second-order valence-electron chi connectivity index (χ2n) is 6.87. The van der Waals surface area contributed by atoms with E-state index in [1.165, 1.54) is 51.4 Å². The Morgan fingerprint density at radius 1 is 1.10 bits per heavy atom. The van der Waals surface area contributed by atoms with E-state index in [-0.39, 0.29) is 0 Å². The summed E-state index contributed by atoms with van der Waals surface area (Å²) >= 11 is 0.